The SMILES string of the molecule is C=C(N)NCCCC(C)C. The third kappa shape index (κ3) is 7.34. The van der Waals surface area contributed by atoms with Crippen LogP contribution in [0.4, 0.5) is 0 Å². The molecular formula is C8H18N2. The van der Waals surface area contributed by atoms with Crippen molar-refractivity contribution in [3.8, 4) is 0 Å². The maximum Gasteiger partial charge on any atom is 0.0885 e. The molecule has 0 aliphatic rings. The van der Waals surface area contributed by atoms with Gasteiger partial charge in [-0.2, -0.15) is 0 Å². The Morgan fingerprint density at radius 1 is 1.60 bits per heavy atom. The van der Waals surface area contributed by atoms with Crippen molar-refractivity contribution in [2.45, 2.75) is 26.7 Å². The smallest absolute Gasteiger partial charge is 0.0885 e. The summed E-state index contributed by atoms with van der Waals surface area (Å²) in [5.74, 6) is 1.36. The highest BCUT2D eigenvalue weighted by Crippen LogP contribution is 2.01. The number of nitrogens with two attached hydrogens (primary N) is 1. The van der Waals surface area contributed by atoms with E-state index >= 15 is 0 Å². The first-order valence-corrected chi connectivity index (χ1v) is 3.81. The van der Waals surface area contributed by atoms with E-state index in [4.69, 9.17) is 5.73 Å². The first-order valence-electron chi connectivity index (χ1n) is 3.81. The van der Waals surface area contributed by atoms with Crippen molar-refractivity contribution in [1.82, 2.24) is 5.32 Å². The second-order valence-electron chi connectivity index (χ2n) is 2.99. The highest BCUT2D eigenvalue weighted by molar-refractivity contribution is 4.81. The molecule has 3 N–H and O–H groups in total. The second-order valence-corrected chi connectivity index (χ2v) is 2.99. The predicted molar refractivity (Wildman–Crippen MR) is 45.4 cm³/mol. The summed E-state index contributed by atoms with van der Waals surface area (Å²) >= 11 is 0. The minimum atomic E-state index is 0.573. The fraction of sp³-hybridized carbons (Fsp3) is 0.750. The van der Waals surface area contributed by atoms with Crippen molar-refractivity contribution in [1.29, 1.82) is 0 Å². The van der Waals surface area contributed by atoms with Gasteiger partial charge in [-0.25, -0.2) is 0 Å². The zero-order valence-corrected chi connectivity index (χ0v) is 6.98. The quantitative estimate of drug-likeness (QED) is 0.570. The lowest BCUT2D eigenvalue weighted by molar-refractivity contribution is 0.543. The molecule has 0 bridgehead atoms. The van der Waals surface area contributed by atoms with Crippen LogP contribution in [-0.2, 0) is 0 Å². The molecule has 0 fully saturated rings. The average molecular weight is 142 g/mol. The number of nitrogens with one attached hydrogen (secondary N) is 1. The summed E-state index contributed by atoms with van der Waals surface area (Å²) in [7, 11) is 0. The molecule has 0 aromatic carbocycles. The van der Waals surface area contributed by atoms with Crippen LogP contribution in [0.15, 0.2) is 12.4 Å². The maximum atomic E-state index is 5.30. The first kappa shape index (κ1) is 9.34. The molecule has 2 nitrogen and oxygen atoms in total. The summed E-state index contributed by atoms with van der Waals surface area (Å²) in [5.41, 5.74) is 5.30. The lowest BCUT2D eigenvalue weighted by atomic mass is 10.1. The van der Waals surface area contributed by atoms with Crippen LogP contribution in [0.25, 0.3) is 0 Å². The average Bonchev–Trinajstić information content (AvgIpc) is 1.79. The van der Waals surface area contributed by atoms with E-state index in [0.717, 1.165) is 12.5 Å². The minimum absolute atomic E-state index is 0.573. The molecule has 10 heavy (non-hydrogen) atoms. The summed E-state index contributed by atoms with van der Waals surface area (Å²) in [5, 5.41) is 2.98. The number of hydrogen-bond donors (Lipinski definition) is 2. The molecule has 2 heteroatoms. The molecule has 0 aromatic rings. The van der Waals surface area contributed by atoms with Gasteiger partial charge in [-0.05, 0) is 18.8 Å². The van der Waals surface area contributed by atoms with Crippen LogP contribution in [-0.4, -0.2) is 6.54 Å². The zero-order chi connectivity index (χ0) is 7.98. The number of rotatable bonds is 5. The van der Waals surface area contributed by atoms with Crippen molar-refractivity contribution in [3.05, 3.63) is 12.4 Å². The fourth-order valence-corrected chi connectivity index (χ4v) is 0.759. The second kappa shape index (κ2) is 5.15. The largest absolute Gasteiger partial charge is 0.386 e. The van der Waals surface area contributed by atoms with Crippen LogP contribution < -0.4 is 11.1 Å². The third-order valence-corrected chi connectivity index (χ3v) is 1.31. The summed E-state index contributed by atoms with van der Waals surface area (Å²) in [6.45, 7) is 8.93. The third-order valence-electron chi connectivity index (χ3n) is 1.31. The van der Waals surface area contributed by atoms with Gasteiger partial charge < -0.3 is 11.1 Å². The van der Waals surface area contributed by atoms with Gasteiger partial charge in [0.25, 0.3) is 0 Å². The lowest BCUT2D eigenvalue weighted by Gasteiger charge is -2.05. The Morgan fingerprint density at radius 2 is 2.20 bits per heavy atom. The Bertz CT molecular complexity index is 97.4. The van der Waals surface area contributed by atoms with Gasteiger partial charge in [0.15, 0.2) is 0 Å². The predicted octanol–water partition coefficient (Wildman–Crippen LogP) is 1.44. The molecule has 0 aliphatic heterocycles. The fourth-order valence-electron chi connectivity index (χ4n) is 0.759. The van der Waals surface area contributed by atoms with Crippen molar-refractivity contribution in [2.24, 2.45) is 11.7 Å². The molecule has 0 atom stereocenters. The molecule has 0 heterocycles. The van der Waals surface area contributed by atoms with Crippen LogP contribution in [0, 0.1) is 5.92 Å². The molecule has 0 aliphatic carbocycles. The van der Waals surface area contributed by atoms with Gasteiger partial charge >= 0.3 is 0 Å². The summed E-state index contributed by atoms with van der Waals surface area (Å²) in [6.07, 6.45) is 2.42. The molecule has 0 radical (unpaired) electrons. The molecule has 0 spiro atoms. The van der Waals surface area contributed by atoms with Crippen molar-refractivity contribution < 1.29 is 0 Å². The molecule has 0 aromatic heterocycles. The van der Waals surface area contributed by atoms with E-state index in [-0.39, 0.29) is 0 Å². The molecule has 0 saturated carbocycles. The Morgan fingerprint density at radius 3 is 2.60 bits per heavy atom. The molecule has 0 amide bonds. The molecule has 0 saturated heterocycles. The Kier molecular flexibility index (Phi) is 4.81. The van der Waals surface area contributed by atoms with E-state index in [2.05, 4.69) is 25.7 Å². The molecular weight excluding hydrogens is 124 g/mol. The van der Waals surface area contributed by atoms with Crippen LogP contribution in [0.2, 0.25) is 0 Å². The molecule has 60 valence electrons. The van der Waals surface area contributed by atoms with Gasteiger partial charge in [0.1, 0.15) is 0 Å². The number of hydrogen-bond acceptors (Lipinski definition) is 2. The standard InChI is InChI=1S/C8H18N2/c1-7(2)5-4-6-10-8(3)9/h7,10H,3-6,9H2,1-2H3. The van der Waals surface area contributed by atoms with E-state index in [1.165, 1.54) is 12.8 Å². The van der Waals surface area contributed by atoms with Crippen LogP contribution in [0.1, 0.15) is 26.7 Å². The molecule has 0 rings (SSSR count). The van der Waals surface area contributed by atoms with Crippen LogP contribution >= 0.6 is 0 Å². The monoisotopic (exact) mass is 142 g/mol. The van der Waals surface area contributed by atoms with Gasteiger partial charge in [0.2, 0.25) is 0 Å². The molecule has 0 unspecified atom stereocenters. The lowest BCUT2D eigenvalue weighted by Crippen LogP contribution is -2.19. The summed E-state index contributed by atoms with van der Waals surface area (Å²) in [6, 6.07) is 0. The van der Waals surface area contributed by atoms with Crippen LogP contribution in [0.5, 0.6) is 0 Å². The zero-order valence-electron chi connectivity index (χ0n) is 6.98. The summed E-state index contributed by atoms with van der Waals surface area (Å²) < 4.78 is 0. The van der Waals surface area contributed by atoms with E-state index in [1.807, 2.05) is 0 Å². The first-order chi connectivity index (χ1) is 4.63. The van der Waals surface area contributed by atoms with Gasteiger partial charge in [-0.3, -0.25) is 0 Å². The maximum absolute atomic E-state index is 5.30. The van der Waals surface area contributed by atoms with E-state index < -0.39 is 0 Å². The van der Waals surface area contributed by atoms with Crippen molar-refractivity contribution in [2.75, 3.05) is 6.54 Å². The van der Waals surface area contributed by atoms with E-state index in [0.29, 0.717) is 5.82 Å². The van der Waals surface area contributed by atoms with Crippen LogP contribution in [0.3, 0.4) is 0 Å². The van der Waals surface area contributed by atoms with Gasteiger partial charge in [-0.1, -0.05) is 20.4 Å². The summed E-state index contributed by atoms with van der Waals surface area (Å²) in [4.78, 5) is 0. The van der Waals surface area contributed by atoms with E-state index in [1.54, 1.807) is 0 Å². The Balaban J connectivity index is 2.98. The normalized spacial score (nSPS) is 9.90. The topological polar surface area (TPSA) is 38.0 Å². The van der Waals surface area contributed by atoms with Gasteiger partial charge in [-0.15, -0.1) is 0 Å². The van der Waals surface area contributed by atoms with Gasteiger partial charge in [0, 0.05) is 6.54 Å². The van der Waals surface area contributed by atoms with Gasteiger partial charge in [0.05, 0.1) is 5.82 Å². The Hall–Kier alpha value is -0.660. The van der Waals surface area contributed by atoms with E-state index in [9.17, 15) is 0 Å². The Labute approximate surface area is 63.5 Å². The highest BCUT2D eigenvalue weighted by atomic mass is 15.0. The van der Waals surface area contributed by atoms with Crippen molar-refractivity contribution >= 4 is 0 Å². The van der Waals surface area contributed by atoms with Crippen molar-refractivity contribution in [3.63, 3.8) is 0 Å². The minimum Gasteiger partial charge on any atom is -0.386 e. The highest BCUT2D eigenvalue weighted by Gasteiger charge is 1.92.